The predicted molar refractivity (Wildman–Crippen MR) is 109 cm³/mol. The number of hydrogen-bond acceptors (Lipinski definition) is 6. The van der Waals surface area contributed by atoms with Gasteiger partial charge in [0.05, 0.1) is 17.9 Å². The number of nitrogens with zero attached hydrogens (tertiary/aromatic N) is 2. The van der Waals surface area contributed by atoms with E-state index < -0.39 is 10.0 Å². The molecule has 0 unspecified atom stereocenters. The number of aromatic nitrogens is 2. The van der Waals surface area contributed by atoms with E-state index in [9.17, 15) is 13.2 Å². The highest BCUT2D eigenvalue weighted by molar-refractivity contribution is 7.89. The van der Waals surface area contributed by atoms with Crippen molar-refractivity contribution < 1.29 is 13.2 Å². The maximum absolute atomic E-state index is 12.0. The lowest BCUT2D eigenvalue weighted by Crippen LogP contribution is -2.34. The van der Waals surface area contributed by atoms with Crippen LogP contribution in [0.2, 0.25) is 0 Å². The van der Waals surface area contributed by atoms with E-state index >= 15 is 0 Å². The van der Waals surface area contributed by atoms with Crippen molar-refractivity contribution in [2.24, 2.45) is 0 Å². The Kier molecular flexibility index (Phi) is 6.85. The SMILES string of the molecule is O=C(Cc1csc(-c2cccnc2)n1)NCCS(=O)(=O)NCc1ccccc1. The van der Waals surface area contributed by atoms with Gasteiger partial charge in [-0.2, -0.15) is 0 Å². The Hall–Kier alpha value is -2.62. The molecular weight excluding hydrogens is 396 g/mol. The summed E-state index contributed by atoms with van der Waals surface area (Å²) in [6.07, 6.45) is 3.51. The molecule has 2 N–H and O–H groups in total. The van der Waals surface area contributed by atoms with Crippen molar-refractivity contribution in [3.63, 3.8) is 0 Å². The van der Waals surface area contributed by atoms with Gasteiger partial charge < -0.3 is 5.32 Å². The zero-order chi connectivity index (χ0) is 19.8. The number of thiazole rings is 1. The van der Waals surface area contributed by atoms with E-state index in [-0.39, 0.29) is 31.2 Å². The summed E-state index contributed by atoms with van der Waals surface area (Å²) in [4.78, 5) is 20.5. The Morgan fingerprint density at radius 1 is 1.11 bits per heavy atom. The number of nitrogens with one attached hydrogen (secondary N) is 2. The third-order valence-electron chi connectivity index (χ3n) is 3.83. The quantitative estimate of drug-likeness (QED) is 0.555. The van der Waals surface area contributed by atoms with Crippen LogP contribution in [0, 0.1) is 0 Å². The second-order valence-corrected chi connectivity index (χ2v) is 8.82. The summed E-state index contributed by atoms with van der Waals surface area (Å²) < 4.78 is 26.6. The van der Waals surface area contributed by atoms with Crippen molar-refractivity contribution in [2.75, 3.05) is 12.3 Å². The van der Waals surface area contributed by atoms with Crippen LogP contribution in [0.15, 0.2) is 60.2 Å². The molecule has 0 bridgehead atoms. The minimum absolute atomic E-state index is 0.0442. The van der Waals surface area contributed by atoms with Gasteiger partial charge in [0, 0.05) is 36.4 Å². The van der Waals surface area contributed by atoms with Gasteiger partial charge in [0.2, 0.25) is 15.9 Å². The number of rotatable bonds is 9. The normalized spacial score (nSPS) is 11.3. The topological polar surface area (TPSA) is 101 Å². The number of carbonyl (C=O) groups is 1. The van der Waals surface area contributed by atoms with E-state index in [0.717, 1.165) is 16.1 Å². The number of pyridine rings is 1. The number of sulfonamides is 1. The molecule has 0 aliphatic heterocycles. The zero-order valence-corrected chi connectivity index (χ0v) is 16.7. The molecule has 7 nitrogen and oxygen atoms in total. The summed E-state index contributed by atoms with van der Waals surface area (Å²) in [5.74, 6) is -0.440. The standard InChI is InChI=1S/C19H20N4O3S2/c24-18(11-17-14-27-19(23-17)16-7-4-8-20-13-16)21-9-10-28(25,26)22-12-15-5-2-1-3-6-15/h1-8,13-14,22H,9-12H2,(H,21,24). The molecule has 0 aliphatic carbocycles. The first-order valence-electron chi connectivity index (χ1n) is 8.64. The molecule has 0 aliphatic rings. The first-order valence-corrected chi connectivity index (χ1v) is 11.2. The van der Waals surface area contributed by atoms with E-state index in [2.05, 4.69) is 20.0 Å². The fourth-order valence-electron chi connectivity index (χ4n) is 2.42. The molecule has 0 fully saturated rings. The minimum Gasteiger partial charge on any atom is -0.355 e. The fourth-order valence-corrected chi connectivity index (χ4v) is 4.14. The largest absolute Gasteiger partial charge is 0.355 e. The van der Waals surface area contributed by atoms with Crippen molar-refractivity contribution in [3.05, 3.63) is 71.5 Å². The number of amides is 1. The Morgan fingerprint density at radius 2 is 1.93 bits per heavy atom. The van der Waals surface area contributed by atoms with Gasteiger partial charge in [-0.25, -0.2) is 18.1 Å². The third-order valence-corrected chi connectivity index (χ3v) is 6.10. The molecule has 1 aromatic carbocycles. The molecule has 0 spiro atoms. The Morgan fingerprint density at radius 3 is 2.68 bits per heavy atom. The van der Waals surface area contributed by atoms with Gasteiger partial charge in [-0.15, -0.1) is 11.3 Å². The Balaban J connectivity index is 1.42. The zero-order valence-electron chi connectivity index (χ0n) is 15.0. The molecule has 146 valence electrons. The third kappa shape index (κ3) is 6.22. The molecule has 0 atom stereocenters. The summed E-state index contributed by atoms with van der Waals surface area (Å²) in [6.45, 7) is 0.273. The molecule has 28 heavy (non-hydrogen) atoms. The fraction of sp³-hybridized carbons (Fsp3) is 0.211. The second-order valence-electron chi connectivity index (χ2n) is 6.04. The first kappa shape index (κ1) is 20.1. The van der Waals surface area contributed by atoms with Crippen LogP contribution in [0.5, 0.6) is 0 Å². The predicted octanol–water partition coefficient (Wildman–Crippen LogP) is 1.98. The van der Waals surface area contributed by atoms with Crippen molar-refractivity contribution in [3.8, 4) is 10.6 Å². The monoisotopic (exact) mass is 416 g/mol. The van der Waals surface area contributed by atoms with E-state index in [1.54, 1.807) is 12.4 Å². The highest BCUT2D eigenvalue weighted by Crippen LogP contribution is 2.22. The Labute approximate surface area is 167 Å². The lowest BCUT2D eigenvalue weighted by Gasteiger charge is -2.08. The molecule has 3 rings (SSSR count). The lowest BCUT2D eigenvalue weighted by molar-refractivity contribution is -0.120. The van der Waals surface area contributed by atoms with Gasteiger partial charge in [0.1, 0.15) is 5.01 Å². The first-order chi connectivity index (χ1) is 13.5. The summed E-state index contributed by atoms with van der Waals surface area (Å²) in [6, 6.07) is 13.0. The average molecular weight is 417 g/mol. The van der Waals surface area contributed by atoms with Gasteiger partial charge in [-0.3, -0.25) is 9.78 Å². The summed E-state index contributed by atoms with van der Waals surface area (Å²) in [5.41, 5.74) is 2.42. The molecule has 0 radical (unpaired) electrons. The van der Waals surface area contributed by atoms with Gasteiger partial charge >= 0.3 is 0 Å². The number of benzene rings is 1. The summed E-state index contributed by atoms with van der Waals surface area (Å²) >= 11 is 1.44. The Bertz CT molecular complexity index is 1010. The van der Waals surface area contributed by atoms with Gasteiger partial charge in [-0.1, -0.05) is 30.3 Å². The highest BCUT2D eigenvalue weighted by atomic mass is 32.2. The molecule has 1 amide bonds. The second kappa shape index (κ2) is 9.54. The summed E-state index contributed by atoms with van der Waals surface area (Å²) in [7, 11) is -3.47. The van der Waals surface area contributed by atoms with Crippen LogP contribution >= 0.6 is 11.3 Å². The summed E-state index contributed by atoms with van der Waals surface area (Å²) in [5, 5.41) is 5.24. The molecule has 0 saturated heterocycles. The van der Waals surface area contributed by atoms with Crippen LogP contribution < -0.4 is 10.0 Å². The van der Waals surface area contributed by atoms with Crippen molar-refractivity contribution in [1.82, 2.24) is 20.0 Å². The van der Waals surface area contributed by atoms with Crippen LogP contribution in [-0.2, 0) is 27.8 Å². The van der Waals surface area contributed by atoms with Gasteiger partial charge in [0.25, 0.3) is 0 Å². The highest BCUT2D eigenvalue weighted by Gasteiger charge is 2.12. The van der Waals surface area contributed by atoms with Gasteiger partial charge in [-0.05, 0) is 17.7 Å². The van der Waals surface area contributed by atoms with Crippen LogP contribution in [0.4, 0.5) is 0 Å². The van der Waals surface area contributed by atoms with Gasteiger partial charge in [0.15, 0.2) is 0 Å². The maximum Gasteiger partial charge on any atom is 0.226 e. The van der Waals surface area contributed by atoms with E-state index in [4.69, 9.17) is 0 Å². The molecule has 9 heteroatoms. The van der Waals surface area contributed by atoms with Crippen molar-refractivity contribution in [2.45, 2.75) is 13.0 Å². The van der Waals surface area contributed by atoms with E-state index in [1.807, 2.05) is 47.8 Å². The molecule has 2 aromatic heterocycles. The smallest absolute Gasteiger partial charge is 0.226 e. The van der Waals surface area contributed by atoms with Crippen molar-refractivity contribution in [1.29, 1.82) is 0 Å². The van der Waals surface area contributed by atoms with Crippen LogP contribution in [0.3, 0.4) is 0 Å². The average Bonchev–Trinajstić information content (AvgIpc) is 3.16. The van der Waals surface area contributed by atoms with E-state index in [1.165, 1.54) is 11.3 Å². The minimum atomic E-state index is -3.47. The molecule has 2 heterocycles. The number of carbonyl (C=O) groups excluding carboxylic acids is 1. The van der Waals surface area contributed by atoms with Crippen LogP contribution in [-0.4, -0.2) is 36.6 Å². The van der Waals surface area contributed by atoms with Crippen molar-refractivity contribution >= 4 is 27.3 Å². The van der Waals surface area contributed by atoms with E-state index in [0.29, 0.717) is 5.69 Å². The number of hydrogen-bond donors (Lipinski definition) is 2. The van der Waals surface area contributed by atoms with Crippen LogP contribution in [0.1, 0.15) is 11.3 Å². The molecular formula is C19H20N4O3S2. The molecule has 3 aromatic rings. The van der Waals surface area contributed by atoms with Crippen LogP contribution in [0.25, 0.3) is 10.6 Å². The molecule has 0 saturated carbocycles. The maximum atomic E-state index is 12.0. The lowest BCUT2D eigenvalue weighted by atomic mass is 10.2.